The predicted molar refractivity (Wildman–Crippen MR) is 88.7 cm³/mol. The molecule has 0 heterocycles. The van der Waals surface area contributed by atoms with E-state index in [-0.39, 0.29) is 0 Å². The van der Waals surface area contributed by atoms with Crippen LogP contribution in [-0.2, 0) is 0 Å². The van der Waals surface area contributed by atoms with E-state index < -0.39 is 0 Å². The summed E-state index contributed by atoms with van der Waals surface area (Å²) in [6, 6.07) is 8.66. The average Bonchev–Trinajstić information content (AvgIpc) is 2.36. The molecule has 108 valence electrons. The van der Waals surface area contributed by atoms with Crippen molar-refractivity contribution in [3.8, 4) is 0 Å². The third kappa shape index (κ3) is 5.66. The predicted octanol–water partition coefficient (Wildman–Crippen LogP) is 5.21. The van der Waals surface area contributed by atoms with Crippen molar-refractivity contribution in [3.63, 3.8) is 0 Å². The molecular weight excluding hydrogens is 298 g/mol. The van der Waals surface area contributed by atoms with Crippen molar-refractivity contribution in [3.05, 3.63) is 34.3 Å². The molecule has 2 heteroatoms. The standard InChI is InChI=1S/C17H28BrN/c1-5-8-14(4)16(12-19-11-13(2)3)15-9-6-7-10-17(15)18/h6-7,9-10,13-14,16,19H,5,8,11-12H2,1-4H3. The van der Waals surface area contributed by atoms with Gasteiger partial charge in [0.25, 0.3) is 0 Å². The molecule has 1 nitrogen and oxygen atoms in total. The maximum absolute atomic E-state index is 3.71. The van der Waals surface area contributed by atoms with Gasteiger partial charge in [-0.1, -0.05) is 74.7 Å². The minimum Gasteiger partial charge on any atom is -0.316 e. The van der Waals surface area contributed by atoms with Crippen LogP contribution in [0.15, 0.2) is 28.7 Å². The van der Waals surface area contributed by atoms with Crippen molar-refractivity contribution >= 4 is 15.9 Å². The Morgan fingerprint density at radius 3 is 2.37 bits per heavy atom. The second-order valence-corrected chi connectivity index (χ2v) is 6.80. The molecular formula is C17H28BrN. The SMILES string of the molecule is CCCC(C)C(CNCC(C)C)c1ccccc1Br. The summed E-state index contributed by atoms with van der Waals surface area (Å²) in [5, 5.41) is 3.63. The first-order chi connectivity index (χ1) is 9.06. The van der Waals surface area contributed by atoms with Gasteiger partial charge in [-0.05, 0) is 30.0 Å². The van der Waals surface area contributed by atoms with E-state index in [2.05, 4.69) is 73.2 Å². The van der Waals surface area contributed by atoms with E-state index in [1.807, 2.05) is 0 Å². The number of hydrogen-bond donors (Lipinski definition) is 1. The van der Waals surface area contributed by atoms with Gasteiger partial charge >= 0.3 is 0 Å². The quantitative estimate of drug-likeness (QED) is 0.691. The van der Waals surface area contributed by atoms with Gasteiger partial charge in [-0.15, -0.1) is 0 Å². The molecule has 0 aliphatic carbocycles. The van der Waals surface area contributed by atoms with Crippen LogP contribution in [0.2, 0.25) is 0 Å². The Kier molecular flexibility index (Phi) is 7.70. The van der Waals surface area contributed by atoms with Crippen LogP contribution >= 0.6 is 15.9 Å². The average molecular weight is 326 g/mol. The molecule has 0 saturated heterocycles. The molecule has 0 aromatic heterocycles. The lowest BCUT2D eigenvalue weighted by molar-refractivity contribution is 0.393. The Labute approximate surface area is 127 Å². The lowest BCUT2D eigenvalue weighted by atomic mass is 9.84. The van der Waals surface area contributed by atoms with Gasteiger partial charge in [-0.3, -0.25) is 0 Å². The summed E-state index contributed by atoms with van der Waals surface area (Å²) in [6.07, 6.45) is 2.54. The zero-order valence-electron chi connectivity index (χ0n) is 12.7. The lowest BCUT2D eigenvalue weighted by Crippen LogP contribution is -2.28. The van der Waals surface area contributed by atoms with Gasteiger partial charge in [0.1, 0.15) is 0 Å². The van der Waals surface area contributed by atoms with E-state index in [4.69, 9.17) is 0 Å². The lowest BCUT2D eigenvalue weighted by Gasteiger charge is -2.26. The van der Waals surface area contributed by atoms with Crippen LogP contribution in [0.25, 0.3) is 0 Å². The van der Waals surface area contributed by atoms with Gasteiger partial charge in [0.15, 0.2) is 0 Å². The molecule has 0 fully saturated rings. The van der Waals surface area contributed by atoms with Crippen LogP contribution in [0.4, 0.5) is 0 Å². The smallest absolute Gasteiger partial charge is 0.0210 e. The highest BCUT2D eigenvalue weighted by Gasteiger charge is 2.20. The molecule has 0 bridgehead atoms. The molecule has 1 N–H and O–H groups in total. The summed E-state index contributed by atoms with van der Waals surface area (Å²) >= 11 is 3.71. The van der Waals surface area contributed by atoms with Crippen LogP contribution in [-0.4, -0.2) is 13.1 Å². The third-order valence-corrected chi connectivity index (χ3v) is 4.37. The molecule has 2 unspecified atom stereocenters. The molecule has 0 aliphatic rings. The molecule has 0 radical (unpaired) electrons. The third-order valence-electron chi connectivity index (χ3n) is 3.65. The van der Waals surface area contributed by atoms with Gasteiger partial charge in [0.05, 0.1) is 0 Å². The van der Waals surface area contributed by atoms with Crippen LogP contribution < -0.4 is 5.32 Å². The highest BCUT2D eigenvalue weighted by atomic mass is 79.9. The first-order valence-corrected chi connectivity index (χ1v) is 8.30. The summed E-state index contributed by atoms with van der Waals surface area (Å²) in [6.45, 7) is 11.3. The van der Waals surface area contributed by atoms with Crippen molar-refractivity contribution in [2.45, 2.75) is 46.5 Å². The minimum absolute atomic E-state index is 0.592. The van der Waals surface area contributed by atoms with E-state index in [1.165, 1.54) is 22.9 Å². The van der Waals surface area contributed by atoms with Crippen LogP contribution in [0.3, 0.4) is 0 Å². The van der Waals surface area contributed by atoms with Gasteiger partial charge in [-0.2, -0.15) is 0 Å². The van der Waals surface area contributed by atoms with E-state index in [1.54, 1.807) is 0 Å². The molecule has 0 saturated carbocycles. The summed E-state index contributed by atoms with van der Waals surface area (Å²) in [7, 11) is 0. The minimum atomic E-state index is 0.592. The maximum atomic E-state index is 3.71. The van der Waals surface area contributed by atoms with E-state index in [0.717, 1.165) is 13.1 Å². The molecule has 1 aromatic rings. The zero-order valence-corrected chi connectivity index (χ0v) is 14.3. The molecule has 2 atom stereocenters. The van der Waals surface area contributed by atoms with Crippen molar-refractivity contribution in [1.82, 2.24) is 5.32 Å². The number of halogens is 1. The number of benzene rings is 1. The molecule has 0 spiro atoms. The Morgan fingerprint density at radius 2 is 1.79 bits per heavy atom. The number of nitrogens with one attached hydrogen (secondary N) is 1. The van der Waals surface area contributed by atoms with Crippen molar-refractivity contribution in [1.29, 1.82) is 0 Å². The summed E-state index contributed by atoms with van der Waals surface area (Å²) in [5.41, 5.74) is 1.44. The molecule has 19 heavy (non-hydrogen) atoms. The maximum Gasteiger partial charge on any atom is 0.0210 e. The topological polar surface area (TPSA) is 12.0 Å². The first-order valence-electron chi connectivity index (χ1n) is 7.51. The van der Waals surface area contributed by atoms with Crippen LogP contribution in [0, 0.1) is 11.8 Å². The van der Waals surface area contributed by atoms with E-state index in [0.29, 0.717) is 17.8 Å². The summed E-state index contributed by atoms with van der Waals surface area (Å²) < 4.78 is 1.24. The highest BCUT2D eigenvalue weighted by Crippen LogP contribution is 2.32. The van der Waals surface area contributed by atoms with Crippen molar-refractivity contribution in [2.24, 2.45) is 11.8 Å². The van der Waals surface area contributed by atoms with Gasteiger partial charge in [-0.25, -0.2) is 0 Å². The molecule has 1 rings (SSSR count). The zero-order chi connectivity index (χ0) is 14.3. The Morgan fingerprint density at radius 1 is 1.11 bits per heavy atom. The van der Waals surface area contributed by atoms with Gasteiger partial charge in [0, 0.05) is 16.9 Å². The normalized spacial score (nSPS) is 14.6. The first kappa shape index (κ1) is 16.7. The van der Waals surface area contributed by atoms with E-state index >= 15 is 0 Å². The van der Waals surface area contributed by atoms with Crippen LogP contribution in [0.5, 0.6) is 0 Å². The fourth-order valence-corrected chi connectivity index (χ4v) is 3.16. The fraction of sp³-hybridized carbons (Fsp3) is 0.647. The molecule has 1 aromatic carbocycles. The van der Waals surface area contributed by atoms with E-state index in [9.17, 15) is 0 Å². The fourth-order valence-electron chi connectivity index (χ4n) is 2.58. The Hall–Kier alpha value is -0.340. The monoisotopic (exact) mass is 325 g/mol. The Balaban J connectivity index is 2.77. The van der Waals surface area contributed by atoms with Crippen molar-refractivity contribution in [2.75, 3.05) is 13.1 Å². The highest BCUT2D eigenvalue weighted by molar-refractivity contribution is 9.10. The largest absolute Gasteiger partial charge is 0.316 e. The second kappa shape index (κ2) is 8.76. The van der Waals surface area contributed by atoms with Crippen molar-refractivity contribution < 1.29 is 0 Å². The van der Waals surface area contributed by atoms with Crippen LogP contribution in [0.1, 0.15) is 52.0 Å². The summed E-state index contributed by atoms with van der Waals surface area (Å²) in [5.74, 6) is 2.01. The number of hydrogen-bond acceptors (Lipinski definition) is 1. The molecule has 0 amide bonds. The number of rotatable bonds is 8. The Bertz CT molecular complexity index is 362. The van der Waals surface area contributed by atoms with Gasteiger partial charge < -0.3 is 5.32 Å². The van der Waals surface area contributed by atoms with Gasteiger partial charge in [0.2, 0.25) is 0 Å². The second-order valence-electron chi connectivity index (χ2n) is 5.95. The summed E-state index contributed by atoms with van der Waals surface area (Å²) in [4.78, 5) is 0. The molecule has 0 aliphatic heterocycles.